The average Bonchev–Trinajstić information content (AvgIpc) is 3.01. The minimum atomic E-state index is 0.383. The Morgan fingerprint density at radius 3 is 2.79 bits per heavy atom. The summed E-state index contributed by atoms with van der Waals surface area (Å²) in [6.07, 6.45) is 4.67. The number of nitrogens with zero attached hydrogens (tertiary/aromatic N) is 5. The van der Waals surface area contributed by atoms with Gasteiger partial charge in [-0.15, -0.1) is 0 Å². The second kappa shape index (κ2) is 5.26. The topological polar surface area (TPSA) is 65.7 Å². The van der Waals surface area contributed by atoms with E-state index in [1.165, 1.54) is 11.0 Å². The van der Waals surface area contributed by atoms with Gasteiger partial charge in [-0.1, -0.05) is 18.2 Å². The zero-order chi connectivity index (χ0) is 12.9. The number of ether oxygens (including phenoxy) is 1. The summed E-state index contributed by atoms with van der Waals surface area (Å²) in [5.41, 5.74) is 0.782. The molecule has 1 aromatic carbocycles. The first-order chi connectivity index (χ1) is 9.42. The van der Waals surface area contributed by atoms with Crippen LogP contribution in [0.25, 0.3) is 5.95 Å². The molecule has 0 amide bonds. The Balaban J connectivity index is 1.74. The van der Waals surface area contributed by atoms with Crippen LogP contribution in [0.15, 0.2) is 55.2 Å². The minimum absolute atomic E-state index is 0.383. The normalized spacial score (nSPS) is 10.3. The molecule has 0 saturated heterocycles. The van der Waals surface area contributed by atoms with Crippen molar-refractivity contribution in [3.63, 3.8) is 0 Å². The quantitative estimate of drug-likeness (QED) is 0.707. The highest BCUT2D eigenvalue weighted by Gasteiger charge is 2.03. The fourth-order valence-electron chi connectivity index (χ4n) is 1.56. The summed E-state index contributed by atoms with van der Waals surface area (Å²) in [6, 6.07) is 11.4. The second-order valence-corrected chi connectivity index (χ2v) is 3.79. The first-order valence-electron chi connectivity index (χ1n) is 5.76. The van der Waals surface area contributed by atoms with Crippen molar-refractivity contribution in [2.45, 2.75) is 6.61 Å². The van der Waals surface area contributed by atoms with Crippen LogP contribution in [0.3, 0.4) is 0 Å². The molecule has 19 heavy (non-hydrogen) atoms. The Bertz CT molecular complexity index is 639. The molecule has 0 bridgehead atoms. The van der Waals surface area contributed by atoms with Crippen LogP contribution in [0.5, 0.6) is 5.75 Å². The molecule has 0 unspecified atom stereocenters. The van der Waals surface area contributed by atoms with Gasteiger partial charge < -0.3 is 4.74 Å². The van der Waals surface area contributed by atoms with Gasteiger partial charge in [-0.3, -0.25) is 0 Å². The summed E-state index contributed by atoms with van der Waals surface area (Å²) in [5.74, 6) is 1.29. The van der Waals surface area contributed by atoms with Crippen LogP contribution in [-0.4, -0.2) is 24.7 Å². The summed E-state index contributed by atoms with van der Waals surface area (Å²) in [7, 11) is 0. The van der Waals surface area contributed by atoms with Gasteiger partial charge in [0, 0.05) is 6.20 Å². The van der Waals surface area contributed by atoms with E-state index < -0.39 is 0 Å². The third-order valence-corrected chi connectivity index (χ3v) is 2.45. The molecule has 2 heterocycles. The van der Waals surface area contributed by atoms with Crippen LogP contribution in [0.1, 0.15) is 5.69 Å². The Morgan fingerprint density at radius 1 is 1.11 bits per heavy atom. The summed E-state index contributed by atoms with van der Waals surface area (Å²) in [6.45, 7) is 0.383. The molecule has 0 spiro atoms. The lowest BCUT2D eigenvalue weighted by molar-refractivity contribution is 0.301. The smallest absolute Gasteiger partial charge is 0.252 e. The summed E-state index contributed by atoms with van der Waals surface area (Å²) >= 11 is 0. The average molecular weight is 253 g/mol. The van der Waals surface area contributed by atoms with Crippen LogP contribution in [0, 0.1) is 0 Å². The van der Waals surface area contributed by atoms with E-state index >= 15 is 0 Å². The zero-order valence-electron chi connectivity index (χ0n) is 10.0. The molecule has 0 radical (unpaired) electrons. The molecule has 0 fully saturated rings. The Hall–Kier alpha value is -2.76. The van der Waals surface area contributed by atoms with Crippen molar-refractivity contribution in [2.24, 2.45) is 0 Å². The SMILES string of the molecule is c1ccc(OCc2ccnc(-n3cncn3)n2)cc1. The van der Waals surface area contributed by atoms with E-state index in [1.807, 2.05) is 36.4 Å². The Kier molecular flexibility index (Phi) is 3.14. The van der Waals surface area contributed by atoms with Gasteiger partial charge in [0.1, 0.15) is 25.0 Å². The number of benzene rings is 1. The molecular weight excluding hydrogens is 242 g/mol. The van der Waals surface area contributed by atoms with Crippen molar-refractivity contribution in [1.29, 1.82) is 0 Å². The number of hydrogen-bond acceptors (Lipinski definition) is 5. The van der Waals surface area contributed by atoms with Crippen LogP contribution in [0.4, 0.5) is 0 Å². The van der Waals surface area contributed by atoms with Crippen LogP contribution in [-0.2, 0) is 6.61 Å². The molecule has 94 valence electrons. The molecule has 0 saturated carbocycles. The van der Waals surface area contributed by atoms with Gasteiger partial charge in [-0.2, -0.15) is 9.78 Å². The molecule has 2 aromatic heterocycles. The first-order valence-corrected chi connectivity index (χ1v) is 5.76. The van der Waals surface area contributed by atoms with Crippen LogP contribution in [0.2, 0.25) is 0 Å². The van der Waals surface area contributed by atoms with Crippen molar-refractivity contribution < 1.29 is 4.74 Å². The summed E-state index contributed by atoms with van der Waals surface area (Å²) in [5, 5.41) is 3.99. The molecular formula is C13H11N5O. The van der Waals surface area contributed by atoms with Gasteiger partial charge >= 0.3 is 0 Å². The number of hydrogen-bond donors (Lipinski definition) is 0. The van der Waals surface area contributed by atoms with Gasteiger partial charge in [0.05, 0.1) is 5.69 Å². The standard InChI is InChI=1S/C13H11N5O/c1-2-4-12(5-3-1)19-8-11-6-7-15-13(17-11)18-10-14-9-16-18/h1-7,9-10H,8H2. The van der Waals surface area contributed by atoms with Crippen LogP contribution >= 0.6 is 0 Å². The largest absolute Gasteiger partial charge is 0.487 e. The van der Waals surface area contributed by atoms with E-state index in [1.54, 1.807) is 12.5 Å². The van der Waals surface area contributed by atoms with Gasteiger partial charge in [0.2, 0.25) is 0 Å². The highest BCUT2D eigenvalue weighted by molar-refractivity contribution is 5.21. The maximum atomic E-state index is 5.63. The highest BCUT2D eigenvalue weighted by atomic mass is 16.5. The molecule has 0 aliphatic rings. The van der Waals surface area contributed by atoms with Gasteiger partial charge in [0.25, 0.3) is 5.95 Å². The van der Waals surface area contributed by atoms with E-state index in [0.717, 1.165) is 11.4 Å². The van der Waals surface area contributed by atoms with Crippen molar-refractivity contribution >= 4 is 0 Å². The number of para-hydroxylation sites is 1. The number of aromatic nitrogens is 5. The summed E-state index contributed by atoms with van der Waals surface area (Å²) < 4.78 is 7.13. The first kappa shape index (κ1) is 11.3. The van der Waals surface area contributed by atoms with Crippen molar-refractivity contribution in [3.8, 4) is 11.7 Å². The molecule has 0 N–H and O–H groups in total. The van der Waals surface area contributed by atoms with Crippen molar-refractivity contribution in [3.05, 3.63) is 60.9 Å². The van der Waals surface area contributed by atoms with Gasteiger partial charge in [-0.25, -0.2) is 15.0 Å². The van der Waals surface area contributed by atoms with E-state index in [0.29, 0.717) is 12.6 Å². The van der Waals surface area contributed by atoms with E-state index in [2.05, 4.69) is 20.1 Å². The predicted octanol–water partition coefficient (Wildman–Crippen LogP) is 1.64. The van der Waals surface area contributed by atoms with E-state index in [9.17, 15) is 0 Å². The predicted molar refractivity (Wildman–Crippen MR) is 67.7 cm³/mol. The minimum Gasteiger partial charge on any atom is -0.487 e. The molecule has 3 rings (SSSR count). The van der Waals surface area contributed by atoms with E-state index in [-0.39, 0.29) is 0 Å². The maximum Gasteiger partial charge on any atom is 0.252 e. The lowest BCUT2D eigenvalue weighted by Gasteiger charge is -2.06. The molecule has 0 aliphatic carbocycles. The Morgan fingerprint density at radius 2 is 2.00 bits per heavy atom. The van der Waals surface area contributed by atoms with Gasteiger partial charge in [0.15, 0.2) is 0 Å². The monoisotopic (exact) mass is 253 g/mol. The van der Waals surface area contributed by atoms with E-state index in [4.69, 9.17) is 4.74 Å². The lowest BCUT2D eigenvalue weighted by Crippen LogP contribution is -2.05. The van der Waals surface area contributed by atoms with Crippen molar-refractivity contribution in [1.82, 2.24) is 24.7 Å². The van der Waals surface area contributed by atoms with Crippen molar-refractivity contribution in [2.75, 3.05) is 0 Å². The number of rotatable bonds is 4. The molecule has 0 aliphatic heterocycles. The summed E-state index contributed by atoms with van der Waals surface area (Å²) in [4.78, 5) is 12.3. The fourth-order valence-corrected chi connectivity index (χ4v) is 1.56. The highest BCUT2D eigenvalue weighted by Crippen LogP contribution is 2.10. The third-order valence-electron chi connectivity index (χ3n) is 2.45. The Labute approximate surface area is 109 Å². The van der Waals surface area contributed by atoms with Gasteiger partial charge in [-0.05, 0) is 18.2 Å². The zero-order valence-corrected chi connectivity index (χ0v) is 10.0. The molecule has 6 heteroatoms. The maximum absolute atomic E-state index is 5.63. The molecule has 3 aromatic rings. The second-order valence-electron chi connectivity index (χ2n) is 3.79. The molecule has 6 nitrogen and oxygen atoms in total. The lowest BCUT2D eigenvalue weighted by atomic mass is 10.3. The third kappa shape index (κ3) is 2.74. The van der Waals surface area contributed by atoms with Crippen LogP contribution < -0.4 is 4.74 Å². The fraction of sp³-hybridized carbons (Fsp3) is 0.0769. The molecule has 0 atom stereocenters.